The van der Waals surface area contributed by atoms with Gasteiger partial charge in [0, 0.05) is 19.0 Å². The van der Waals surface area contributed by atoms with Gasteiger partial charge >= 0.3 is 6.18 Å². The largest absolute Gasteiger partial charge is 0.480 e. The monoisotopic (exact) mass is 351 g/mol. The Morgan fingerprint density at radius 1 is 1.32 bits per heavy atom. The summed E-state index contributed by atoms with van der Waals surface area (Å²) in [6.07, 6.45) is -4.92. The molecule has 2 aliphatic rings. The average molecular weight is 351 g/mol. The molecule has 1 aromatic carbocycles. The second-order valence-electron chi connectivity index (χ2n) is 6.34. The van der Waals surface area contributed by atoms with Gasteiger partial charge in [-0.1, -0.05) is 18.2 Å². The molecule has 2 aliphatic heterocycles. The maximum Gasteiger partial charge on any atom is 0.410 e. The van der Waals surface area contributed by atoms with Gasteiger partial charge in [-0.3, -0.25) is 9.69 Å². The summed E-state index contributed by atoms with van der Waals surface area (Å²) in [7, 11) is 0. The molecular formula is C17H16F3N3O2. The zero-order chi connectivity index (χ0) is 17.8. The fraction of sp³-hybridized carbons (Fsp3) is 0.412. The quantitative estimate of drug-likeness (QED) is 0.793. The first-order valence-electron chi connectivity index (χ1n) is 8.03. The van der Waals surface area contributed by atoms with Crippen molar-refractivity contribution in [1.29, 1.82) is 0 Å². The molecule has 2 unspecified atom stereocenters. The van der Waals surface area contributed by atoms with Crippen LogP contribution in [-0.2, 0) is 11.2 Å². The van der Waals surface area contributed by atoms with E-state index in [-0.39, 0.29) is 24.7 Å². The van der Waals surface area contributed by atoms with Crippen molar-refractivity contribution in [3.05, 3.63) is 41.6 Å². The van der Waals surface area contributed by atoms with Crippen LogP contribution in [0.25, 0.3) is 0 Å². The van der Waals surface area contributed by atoms with Crippen LogP contribution in [0.4, 0.5) is 19.0 Å². The Morgan fingerprint density at radius 2 is 2.08 bits per heavy atom. The minimum atomic E-state index is -4.40. The number of carbonyl (C=O) groups excluding carboxylic acids is 1. The minimum absolute atomic E-state index is 0.00957. The van der Waals surface area contributed by atoms with Gasteiger partial charge in [-0.2, -0.15) is 18.3 Å². The zero-order valence-electron chi connectivity index (χ0n) is 13.5. The Hall–Kier alpha value is -2.51. The molecular weight excluding hydrogens is 335 g/mol. The number of benzene rings is 1. The third-order valence-corrected chi connectivity index (χ3v) is 4.60. The van der Waals surface area contributed by atoms with Crippen LogP contribution < -0.4 is 9.64 Å². The molecule has 0 N–H and O–H groups in total. The molecule has 132 valence electrons. The van der Waals surface area contributed by atoms with E-state index in [1.54, 1.807) is 13.0 Å². The highest BCUT2D eigenvalue weighted by atomic mass is 19.4. The summed E-state index contributed by atoms with van der Waals surface area (Å²) in [5.41, 5.74) is 1.37. The van der Waals surface area contributed by atoms with Gasteiger partial charge in [-0.25, -0.2) is 4.68 Å². The van der Waals surface area contributed by atoms with Crippen molar-refractivity contribution in [2.75, 3.05) is 11.4 Å². The Labute approximate surface area is 142 Å². The first-order valence-corrected chi connectivity index (χ1v) is 8.03. The number of hydrogen-bond donors (Lipinski definition) is 0. The van der Waals surface area contributed by atoms with E-state index in [0.29, 0.717) is 17.9 Å². The molecule has 0 fully saturated rings. The van der Waals surface area contributed by atoms with Crippen molar-refractivity contribution in [3.63, 3.8) is 0 Å². The van der Waals surface area contributed by atoms with Crippen molar-refractivity contribution in [2.24, 2.45) is 0 Å². The van der Waals surface area contributed by atoms with Crippen LogP contribution in [0, 0.1) is 6.92 Å². The Bertz CT molecular complexity index is 806. The Balaban J connectivity index is 1.62. The first kappa shape index (κ1) is 16.0. The summed E-state index contributed by atoms with van der Waals surface area (Å²) in [4.78, 5) is 14.2. The lowest BCUT2D eigenvalue weighted by Gasteiger charge is -2.34. The third-order valence-electron chi connectivity index (χ3n) is 4.60. The topological polar surface area (TPSA) is 47.4 Å². The predicted octanol–water partition coefficient (Wildman–Crippen LogP) is 3.04. The number of amides is 1. The number of alkyl halides is 3. The van der Waals surface area contributed by atoms with Crippen molar-refractivity contribution >= 4 is 11.7 Å². The highest BCUT2D eigenvalue weighted by Crippen LogP contribution is 2.40. The molecule has 1 aromatic heterocycles. The fourth-order valence-electron chi connectivity index (χ4n) is 3.44. The Morgan fingerprint density at radius 3 is 2.80 bits per heavy atom. The average Bonchev–Trinajstić information content (AvgIpc) is 3.14. The van der Waals surface area contributed by atoms with Gasteiger partial charge in [0.2, 0.25) is 0 Å². The summed E-state index contributed by atoms with van der Waals surface area (Å²) in [6, 6.07) is 7.15. The molecule has 4 rings (SSSR count). The summed E-state index contributed by atoms with van der Waals surface area (Å²) < 4.78 is 46.4. The van der Waals surface area contributed by atoms with E-state index in [4.69, 9.17) is 4.74 Å². The van der Waals surface area contributed by atoms with Gasteiger partial charge in [-0.05, 0) is 25.0 Å². The maximum absolute atomic E-state index is 13.2. The number of nitrogens with zero attached hydrogens (tertiary/aromatic N) is 3. The second-order valence-corrected chi connectivity index (χ2v) is 6.34. The molecule has 5 nitrogen and oxygen atoms in total. The number of rotatable bonds is 1. The number of carbonyl (C=O) groups is 1. The third kappa shape index (κ3) is 2.65. The number of aromatic nitrogens is 2. The maximum atomic E-state index is 13.2. The van der Waals surface area contributed by atoms with Crippen molar-refractivity contribution in [1.82, 2.24) is 9.78 Å². The molecule has 0 spiro atoms. The van der Waals surface area contributed by atoms with Crippen molar-refractivity contribution < 1.29 is 22.7 Å². The van der Waals surface area contributed by atoms with Gasteiger partial charge in [0.1, 0.15) is 11.6 Å². The highest BCUT2D eigenvalue weighted by Gasteiger charge is 2.47. The normalized spacial score (nSPS) is 22.3. The predicted molar refractivity (Wildman–Crippen MR) is 83.6 cm³/mol. The molecule has 3 heterocycles. The summed E-state index contributed by atoms with van der Waals surface area (Å²) in [5, 5.41) is 3.96. The number of aryl methyl sites for hydroxylation is 1. The van der Waals surface area contributed by atoms with E-state index in [9.17, 15) is 18.0 Å². The van der Waals surface area contributed by atoms with E-state index in [1.807, 2.05) is 18.2 Å². The summed E-state index contributed by atoms with van der Waals surface area (Å²) in [5.74, 6) is 0.490. The van der Waals surface area contributed by atoms with E-state index in [2.05, 4.69) is 5.10 Å². The molecule has 2 atom stereocenters. The first-order chi connectivity index (χ1) is 11.8. The van der Waals surface area contributed by atoms with E-state index in [1.165, 1.54) is 11.0 Å². The molecule has 8 heteroatoms. The number of halogens is 3. The van der Waals surface area contributed by atoms with E-state index >= 15 is 0 Å². The molecule has 0 bridgehead atoms. The molecule has 0 saturated carbocycles. The lowest BCUT2D eigenvalue weighted by molar-refractivity contribution is -0.173. The van der Waals surface area contributed by atoms with Crippen molar-refractivity contribution in [3.8, 4) is 5.75 Å². The van der Waals surface area contributed by atoms with E-state index < -0.39 is 18.3 Å². The van der Waals surface area contributed by atoms with Crippen LogP contribution in [0.1, 0.15) is 23.7 Å². The molecule has 0 aliphatic carbocycles. The van der Waals surface area contributed by atoms with Crippen LogP contribution in [0.5, 0.6) is 5.75 Å². The lowest BCUT2D eigenvalue weighted by Crippen LogP contribution is -2.48. The van der Waals surface area contributed by atoms with Crippen LogP contribution >= 0.6 is 0 Å². The zero-order valence-corrected chi connectivity index (χ0v) is 13.5. The van der Waals surface area contributed by atoms with Crippen LogP contribution in [-0.4, -0.2) is 34.5 Å². The van der Waals surface area contributed by atoms with Gasteiger partial charge in [0.15, 0.2) is 12.1 Å². The number of hydrogen-bond acceptors (Lipinski definition) is 3. The molecule has 25 heavy (non-hydrogen) atoms. The number of anilines is 1. The number of ether oxygens (including phenoxy) is 1. The van der Waals surface area contributed by atoms with E-state index in [0.717, 1.165) is 10.2 Å². The molecule has 0 radical (unpaired) electrons. The van der Waals surface area contributed by atoms with Gasteiger partial charge in [0.25, 0.3) is 5.91 Å². The van der Waals surface area contributed by atoms with Crippen molar-refractivity contribution in [2.45, 2.75) is 38.1 Å². The number of para-hydroxylation sites is 1. The summed E-state index contributed by atoms with van der Waals surface area (Å²) >= 11 is 0. The lowest BCUT2D eigenvalue weighted by atomic mass is 10.1. The SMILES string of the molecule is Cc1cc2n(n1)C(C(F)(F)F)CCN2C(=O)C1Cc2ccccc2O1. The van der Waals surface area contributed by atoms with Crippen LogP contribution in [0.3, 0.4) is 0 Å². The number of fused-ring (bicyclic) bond motifs is 2. The molecule has 1 amide bonds. The Kier molecular flexibility index (Phi) is 3.52. The molecule has 0 saturated heterocycles. The highest BCUT2D eigenvalue weighted by molar-refractivity contribution is 5.97. The minimum Gasteiger partial charge on any atom is -0.480 e. The standard InChI is InChI=1S/C17H16F3N3O2/c1-10-8-15-22(7-6-14(17(18,19)20)23(15)21-10)16(24)13-9-11-4-2-3-5-12(11)25-13/h2-5,8,13-14H,6-7,9H2,1H3. The fourth-order valence-corrected chi connectivity index (χ4v) is 3.44. The second kappa shape index (κ2) is 5.50. The van der Waals surface area contributed by atoms with Gasteiger partial charge in [-0.15, -0.1) is 0 Å². The van der Waals surface area contributed by atoms with Crippen LogP contribution in [0.15, 0.2) is 30.3 Å². The summed E-state index contributed by atoms with van der Waals surface area (Å²) in [6.45, 7) is 1.60. The van der Waals surface area contributed by atoms with Gasteiger partial charge < -0.3 is 4.74 Å². The smallest absolute Gasteiger partial charge is 0.410 e. The van der Waals surface area contributed by atoms with Crippen LogP contribution in [0.2, 0.25) is 0 Å². The van der Waals surface area contributed by atoms with Gasteiger partial charge in [0.05, 0.1) is 5.69 Å². The molecule has 2 aromatic rings.